The summed E-state index contributed by atoms with van der Waals surface area (Å²) >= 11 is 0. The van der Waals surface area contributed by atoms with E-state index in [-0.39, 0.29) is 11.9 Å². The molecule has 0 fully saturated rings. The fourth-order valence-corrected chi connectivity index (χ4v) is 2.58. The van der Waals surface area contributed by atoms with Crippen molar-refractivity contribution in [1.82, 2.24) is 15.2 Å². The lowest BCUT2D eigenvalue weighted by atomic mass is 10.1. The second-order valence-electron chi connectivity index (χ2n) is 5.48. The Morgan fingerprint density at radius 2 is 1.62 bits per heavy atom. The molecule has 26 heavy (non-hydrogen) atoms. The molecule has 1 aromatic heterocycles. The number of hydrogen-bond acceptors (Lipinski definition) is 6. The van der Waals surface area contributed by atoms with Gasteiger partial charge in [-0.25, -0.2) is 9.98 Å². The maximum absolute atomic E-state index is 12.8. The van der Waals surface area contributed by atoms with Gasteiger partial charge in [-0.1, -0.05) is 42.5 Å². The highest BCUT2D eigenvalue weighted by atomic mass is 16.1. The summed E-state index contributed by atoms with van der Waals surface area (Å²) in [6.07, 6.45) is 4.41. The van der Waals surface area contributed by atoms with Crippen LogP contribution in [-0.4, -0.2) is 27.3 Å². The fourth-order valence-electron chi connectivity index (χ4n) is 2.58. The minimum atomic E-state index is -0.269. The Morgan fingerprint density at radius 3 is 2.35 bits per heavy atom. The summed E-state index contributed by atoms with van der Waals surface area (Å²) < 4.78 is 0. The van der Waals surface area contributed by atoms with Gasteiger partial charge in [-0.3, -0.25) is 4.79 Å². The van der Waals surface area contributed by atoms with E-state index in [1.54, 1.807) is 0 Å². The lowest BCUT2D eigenvalue weighted by molar-refractivity contribution is -0.112. The van der Waals surface area contributed by atoms with Gasteiger partial charge in [-0.05, 0) is 17.7 Å². The van der Waals surface area contributed by atoms with Crippen LogP contribution in [0.15, 0.2) is 77.6 Å². The van der Waals surface area contributed by atoms with Gasteiger partial charge in [-0.2, -0.15) is 5.10 Å². The number of carbonyl (C=O) groups is 1. The van der Waals surface area contributed by atoms with Gasteiger partial charge in [0.2, 0.25) is 0 Å². The molecule has 126 valence electrons. The number of amides is 1. The molecule has 7 nitrogen and oxygen atoms in total. The molecular formula is C19H14N6O. The van der Waals surface area contributed by atoms with E-state index < -0.39 is 0 Å². The lowest BCUT2D eigenvalue weighted by Crippen LogP contribution is -2.15. The van der Waals surface area contributed by atoms with Crippen molar-refractivity contribution in [3.8, 4) is 0 Å². The van der Waals surface area contributed by atoms with Crippen LogP contribution in [0.2, 0.25) is 0 Å². The molecular weight excluding hydrogens is 328 g/mol. The fraction of sp³-hybridized carbons (Fsp3) is 0. The molecule has 0 saturated carbocycles. The smallest absolute Gasteiger partial charge is 0.268 e. The van der Waals surface area contributed by atoms with Crippen molar-refractivity contribution in [3.05, 3.63) is 78.1 Å². The standard InChI is InChI=1S/C19H14N6O/c26-18-14(12-21-19-20-10-11-22-25-19)17(13-6-2-1-3-7-13)23-15-8-4-5-9-16(15)24-18/h1-12,23H,(H,24,26)/b21-12+. The molecule has 1 amide bonds. The van der Waals surface area contributed by atoms with E-state index in [2.05, 4.69) is 30.8 Å². The summed E-state index contributed by atoms with van der Waals surface area (Å²) in [5, 5.41) is 13.8. The van der Waals surface area contributed by atoms with Crippen LogP contribution in [0.1, 0.15) is 5.56 Å². The van der Waals surface area contributed by atoms with Crippen molar-refractivity contribution in [1.29, 1.82) is 0 Å². The third-order valence-electron chi connectivity index (χ3n) is 3.79. The van der Waals surface area contributed by atoms with Gasteiger partial charge in [0, 0.05) is 6.21 Å². The van der Waals surface area contributed by atoms with Crippen LogP contribution in [0.3, 0.4) is 0 Å². The van der Waals surface area contributed by atoms with E-state index in [1.165, 1.54) is 18.6 Å². The van der Waals surface area contributed by atoms with Crippen molar-refractivity contribution in [3.63, 3.8) is 0 Å². The molecule has 1 aliphatic rings. The molecule has 0 atom stereocenters. The van der Waals surface area contributed by atoms with E-state index in [0.29, 0.717) is 17.0 Å². The van der Waals surface area contributed by atoms with Crippen LogP contribution < -0.4 is 10.6 Å². The van der Waals surface area contributed by atoms with Crippen molar-refractivity contribution in [2.75, 3.05) is 10.6 Å². The quantitative estimate of drug-likeness (QED) is 0.714. The Kier molecular flexibility index (Phi) is 4.17. The highest BCUT2D eigenvalue weighted by molar-refractivity contribution is 6.25. The number of benzene rings is 2. The molecule has 0 unspecified atom stereocenters. The van der Waals surface area contributed by atoms with Crippen LogP contribution in [0.25, 0.3) is 5.70 Å². The Hall–Kier alpha value is -3.87. The van der Waals surface area contributed by atoms with Gasteiger partial charge in [0.15, 0.2) is 0 Å². The maximum Gasteiger partial charge on any atom is 0.268 e. The number of carbonyl (C=O) groups excluding carboxylic acids is 1. The Labute approximate surface area is 149 Å². The predicted molar refractivity (Wildman–Crippen MR) is 100 cm³/mol. The summed E-state index contributed by atoms with van der Waals surface area (Å²) in [5.74, 6) is -0.0871. The lowest BCUT2D eigenvalue weighted by Gasteiger charge is -2.12. The molecule has 2 aromatic carbocycles. The number of fused-ring (bicyclic) bond motifs is 1. The maximum atomic E-state index is 12.8. The number of hydrogen-bond donors (Lipinski definition) is 2. The number of anilines is 2. The monoisotopic (exact) mass is 342 g/mol. The topological polar surface area (TPSA) is 92.2 Å². The van der Waals surface area contributed by atoms with Crippen LogP contribution in [0, 0.1) is 0 Å². The van der Waals surface area contributed by atoms with E-state index in [0.717, 1.165) is 11.3 Å². The summed E-state index contributed by atoms with van der Waals surface area (Å²) in [5.41, 5.74) is 3.40. The predicted octanol–water partition coefficient (Wildman–Crippen LogP) is 3.05. The number of aromatic nitrogens is 3. The molecule has 0 spiro atoms. The van der Waals surface area contributed by atoms with Crippen molar-refractivity contribution < 1.29 is 4.79 Å². The number of nitrogens with one attached hydrogen (secondary N) is 2. The average molecular weight is 342 g/mol. The molecule has 1 aliphatic heterocycles. The first-order chi connectivity index (χ1) is 12.8. The van der Waals surface area contributed by atoms with Gasteiger partial charge in [-0.15, -0.1) is 5.10 Å². The van der Waals surface area contributed by atoms with Crippen LogP contribution >= 0.6 is 0 Å². The molecule has 3 aromatic rings. The first-order valence-corrected chi connectivity index (χ1v) is 7.96. The third-order valence-corrected chi connectivity index (χ3v) is 3.79. The second-order valence-corrected chi connectivity index (χ2v) is 5.48. The molecule has 0 saturated heterocycles. The largest absolute Gasteiger partial charge is 0.353 e. The zero-order chi connectivity index (χ0) is 17.8. The van der Waals surface area contributed by atoms with E-state index >= 15 is 0 Å². The summed E-state index contributed by atoms with van der Waals surface area (Å²) in [6, 6.07) is 17.1. The molecule has 0 bridgehead atoms. The van der Waals surface area contributed by atoms with Crippen LogP contribution in [0.5, 0.6) is 0 Å². The first kappa shape index (κ1) is 15.6. The summed E-state index contributed by atoms with van der Waals surface area (Å²) in [6.45, 7) is 0. The molecule has 2 heterocycles. The average Bonchev–Trinajstić information content (AvgIpc) is 2.83. The molecule has 7 heteroatoms. The number of rotatable bonds is 3. The zero-order valence-corrected chi connectivity index (χ0v) is 13.6. The minimum Gasteiger partial charge on any atom is -0.353 e. The van der Waals surface area contributed by atoms with Gasteiger partial charge < -0.3 is 10.6 Å². The van der Waals surface area contributed by atoms with Crippen molar-refractivity contribution in [2.24, 2.45) is 4.99 Å². The Bertz CT molecular complexity index is 999. The number of para-hydroxylation sites is 2. The summed E-state index contributed by atoms with van der Waals surface area (Å²) in [4.78, 5) is 21.0. The Morgan fingerprint density at radius 1 is 0.885 bits per heavy atom. The van der Waals surface area contributed by atoms with E-state index in [4.69, 9.17) is 0 Å². The van der Waals surface area contributed by atoms with Crippen LogP contribution in [0.4, 0.5) is 17.3 Å². The highest BCUT2D eigenvalue weighted by Crippen LogP contribution is 2.31. The second kappa shape index (κ2) is 6.94. The van der Waals surface area contributed by atoms with E-state index in [9.17, 15) is 4.79 Å². The number of nitrogens with zero attached hydrogens (tertiary/aromatic N) is 4. The Balaban J connectivity index is 1.83. The molecule has 4 rings (SSSR count). The molecule has 2 N–H and O–H groups in total. The highest BCUT2D eigenvalue weighted by Gasteiger charge is 2.21. The van der Waals surface area contributed by atoms with Gasteiger partial charge in [0.05, 0.1) is 35.0 Å². The third kappa shape index (κ3) is 3.18. The normalized spacial score (nSPS) is 13.8. The SMILES string of the molecule is O=C1Nc2ccccc2NC(c2ccccc2)=C1/C=N/c1nccnn1. The first-order valence-electron chi connectivity index (χ1n) is 7.96. The van der Waals surface area contributed by atoms with Crippen LogP contribution in [-0.2, 0) is 4.79 Å². The van der Waals surface area contributed by atoms with Gasteiger partial charge >= 0.3 is 0 Å². The van der Waals surface area contributed by atoms with E-state index in [1.807, 2.05) is 54.6 Å². The molecule has 0 aliphatic carbocycles. The van der Waals surface area contributed by atoms with Crippen molar-refractivity contribution >= 4 is 35.1 Å². The van der Waals surface area contributed by atoms with Gasteiger partial charge in [0.25, 0.3) is 11.9 Å². The van der Waals surface area contributed by atoms with Crippen molar-refractivity contribution in [2.45, 2.75) is 0 Å². The number of aliphatic imine (C=N–C) groups is 1. The summed E-state index contributed by atoms with van der Waals surface area (Å²) in [7, 11) is 0. The zero-order valence-electron chi connectivity index (χ0n) is 13.6. The molecule has 0 radical (unpaired) electrons. The minimum absolute atomic E-state index is 0.182. The van der Waals surface area contributed by atoms with Gasteiger partial charge in [0.1, 0.15) is 0 Å².